The normalized spacial score (nSPS) is 19.9. The number of hydrogen-bond acceptors (Lipinski definition) is 4. The quantitative estimate of drug-likeness (QED) is 0.524. The molecule has 5 nitrogen and oxygen atoms in total. The highest BCUT2D eigenvalue weighted by Crippen LogP contribution is 2.41. The van der Waals surface area contributed by atoms with E-state index in [2.05, 4.69) is 11.2 Å². The van der Waals surface area contributed by atoms with E-state index in [4.69, 9.17) is 5.26 Å². The zero-order valence-electron chi connectivity index (χ0n) is 16.5. The number of benzene rings is 1. The van der Waals surface area contributed by atoms with Gasteiger partial charge in [0.25, 0.3) is 5.91 Å². The average molecular weight is 438 g/mol. The maximum Gasteiger partial charge on any atom is 0.419 e. The van der Waals surface area contributed by atoms with Crippen LogP contribution in [0.25, 0.3) is 0 Å². The Hall–Kier alpha value is -2.96. The standard InChI is InChI=1S/C21H19F5N4O/c22-16-2-1-14(17(18(16)23)21(24,25)26)12-4-7-30(8-5-12)20(31)19-15-10-29(11-27)6-3-13(15)9-28-19/h1-2,12H,3-10H2. The van der Waals surface area contributed by atoms with Gasteiger partial charge in [0.1, 0.15) is 5.71 Å². The minimum atomic E-state index is -5.01. The van der Waals surface area contributed by atoms with Crippen molar-refractivity contribution >= 4 is 11.6 Å². The van der Waals surface area contributed by atoms with Crippen molar-refractivity contribution in [3.8, 4) is 6.19 Å². The van der Waals surface area contributed by atoms with Crippen LogP contribution in [0, 0.1) is 23.1 Å². The molecule has 1 amide bonds. The molecule has 1 fully saturated rings. The van der Waals surface area contributed by atoms with Gasteiger partial charge in [-0.3, -0.25) is 9.79 Å². The molecule has 3 aliphatic rings. The van der Waals surface area contributed by atoms with E-state index < -0.39 is 29.3 Å². The molecule has 0 atom stereocenters. The van der Waals surface area contributed by atoms with Crippen molar-refractivity contribution in [1.29, 1.82) is 5.26 Å². The highest BCUT2D eigenvalue weighted by molar-refractivity contribution is 6.46. The summed E-state index contributed by atoms with van der Waals surface area (Å²) in [6.07, 6.45) is -1.87. The van der Waals surface area contributed by atoms with Crippen LogP contribution < -0.4 is 0 Å². The van der Waals surface area contributed by atoms with Crippen molar-refractivity contribution in [3.63, 3.8) is 0 Å². The third-order valence-electron chi connectivity index (χ3n) is 6.15. The number of carbonyl (C=O) groups is 1. The Morgan fingerprint density at radius 3 is 2.52 bits per heavy atom. The van der Waals surface area contributed by atoms with Crippen LogP contribution in [0.2, 0.25) is 0 Å². The van der Waals surface area contributed by atoms with Crippen molar-refractivity contribution in [2.75, 3.05) is 32.7 Å². The van der Waals surface area contributed by atoms with Crippen LogP contribution in [0.15, 0.2) is 28.3 Å². The van der Waals surface area contributed by atoms with E-state index >= 15 is 0 Å². The topological polar surface area (TPSA) is 59.7 Å². The second-order valence-electron chi connectivity index (χ2n) is 7.91. The smallest absolute Gasteiger partial charge is 0.337 e. The number of carbonyl (C=O) groups excluding carboxylic acids is 1. The van der Waals surface area contributed by atoms with Gasteiger partial charge in [-0.15, -0.1) is 0 Å². The van der Waals surface area contributed by atoms with Gasteiger partial charge in [0.05, 0.1) is 18.7 Å². The SMILES string of the molecule is N#CN1CCC2=C(C1)C(C(=O)N1CCC(c3ccc(F)c(F)c3C(F)(F)F)CC1)=NC2. The van der Waals surface area contributed by atoms with Crippen molar-refractivity contribution in [3.05, 3.63) is 46.0 Å². The van der Waals surface area contributed by atoms with Crippen LogP contribution in [0.1, 0.15) is 36.3 Å². The molecule has 10 heteroatoms. The Morgan fingerprint density at radius 1 is 1.16 bits per heavy atom. The summed E-state index contributed by atoms with van der Waals surface area (Å²) in [6.45, 7) is 1.72. The van der Waals surface area contributed by atoms with Crippen LogP contribution in [0.4, 0.5) is 22.0 Å². The maximum absolute atomic E-state index is 13.9. The number of nitrogens with zero attached hydrogens (tertiary/aromatic N) is 4. The molecule has 0 aromatic heterocycles. The maximum atomic E-state index is 13.9. The number of halogens is 5. The second kappa shape index (κ2) is 7.94. The van der Waals surface area contributed by atoms with Crippen molar-refractivity contribution in [1.82, 2.24) is 9.80 Å². The molecule has 1 aromatic rings. The van der Waals surface area contributed by atoms with E-state index in [1.807, 2.05) is 0 Å². The Labute approximate surface area is 175 Å². The Kier molecular flexibility index (Phi) is 5.45. The molecule has 0 bridgehead atoms. The Balaban J connectivity index is 1.48. The summed E-state index contributed by atoms with van der Waals surface area (Å²) in [4.78, 5) is 20.4. The number of likely N-dealkylation sites (tertiary alicyclic amines) is 1. The van der Waals surface area contributed by atoms with Crippen LogP contribution in [-0.2, 0) is 11.0 Å². The number of rotatable bonds is 2. The first-order valence-electron chi connectivity index (χ1n) is 9.95. The monoisotopic (exact) mass is 438 g/mol. The molecule has 1 aromatic carbocycles. The average Bonchev–Trinajstić information content (AvgIpc) is 3.17. The molecule has 0 saturated carbocycles. The Bertz CT molecular complexity index is 1020. The molecule has 0 spiro atoms. The van der Waals surface area contributed by atoms with Crippen LogP contribution in [0.3, 0.4) is 0 Å². The zero-order chi connectivity index (χ0) is 22.3. The lowest BCUT2D eigenvalue weighted by Gasteiger charge is -2.34. The Morgan fingerprint density at radius 2 is 1.87 bits per heavy atom. The van der Waals surface area contributed by atoms with Gasteiger partial charge in [-0.2, -0.15) is 18.4 Å². The van der Waals surface area contributed by atoms with Gasteiger partial charge in [-0.25, -0.2) is 8.78 Å². The zero-order valence-corrected chi connectivity index (χ0v) is 16.5. The lowest BCUT2D eigenvalue weighted by molar-refractivity contribution is -0.141. The molecule has 0 N–H and O–H groups in total. The summed E-state index contributed by atoms with van der Waals surface area (Å²) < 4.78 is 67.4. The minimum absolute atomic E-state index is 0.184. The molecule has 31 heavy (non-hydrogen) atoms. The molecule has 3 heterocycles. The molecular formula is C21H19F5N4O. The van der Waals surface area contributed by atoms with Crippen molar-refractivity contribution < 1.29 is 26.7 Å². The predicted molar refractivity (Wildman–Crippen MR) is 101 cm³/mol. The van der Waals surface area contributed by atoms with Crippen LogP contribution >= 0.6 is 0 Å². The van der Waals surface area contributed by atoms with Crippen molar-refractivity contribution in [2.24, 2.45) is 4.99 Å². The van der Waals surface area contributed by atoms with Gasteiger partial charge in [0, 0.05) is 25.2 Å². The fraction of sp³-hybridized carbons (Fsp3) is 0.476. The summed E-state index contributed by atoms with van der Waals surface area (Å²) in [5.41, 5.74) is 0.281. The fourth-order valence-corrected chi connectivity index (χ4v) is 4.51. The van der Waals surface area contributed by atoms with E-state index in [1.54, 1.807) is 4.90 Å². The largest absolute Gasteiger partial charge is 0.419 e. The molecular weight excluding hydrogens is 419 g/mol. The van der Waals surface area contributed by atoms with Gasteiger partial charge in [0.15, 0.2) is 17.8 Å². The van der Waals surface area contributed by atoms with E-state index in [9.17, 15) is 26.7 Å². The van der Waals surface area contributed by atoms with E-state index in [-0.39, 0.29) is 37.4 Å². The first-order chi connectivity index (χ1) is 14.7. The summed E-state index contributed by atoms with van der Waals surface area (Å²) >= 11 is 0. The number of piperidine rings is 1. The number of nitriles is 1. The van der Waals surface area contributed by atoms with Gasteiger partial charge in [-0.05, 0) is 42.4 Å². The molecule has 0 unspecified atom stereocenters. The second-order valence-corrected chi connectivity index (χ2v) is 7.91. The molecule has 1 saturated heterocycles. The van der Waals surface area contributed by atoms with Crippen molar-refractivity contribution in [2.45, 2.75) is 31.4 Å². The van der Waals surface area contributed by atoms with E-state index in [0.29, 0.717) is 37.8 Å². The van der Waals surface area contributed by atoms with Crippen LogP contribution in [0.5, 0.6) is 0 Å². The number of amides is 1. The summed E-state index contributed by atoms with van der Waals surface area (Å²) in [5.74, 6) is -4.36. The third-order valence-corrected chi connectivity index (χ3v) is 6.15. The highest BCUT2D eigenvalue weighted by Gasteiger charge is 2.41. The van der Waals surface area contributed by atoms with Gasteiger partial charge >= 0.3 is 6.18 Å². The molecule has 0 aliphatic carbocycles. The summed E-state index contributed by atoms with van der Waals surface area (Å²) in [7, 11) is 0. The molecule has 0 radical (unpaired) electrons. The molecule has 4 rings (SSSR count). The first-order valence-corrected chi connectivity index (χ1v) is 9.95. The highest BCUT2D eigenvalue weighted by atomic mass is 19.4. The first kappa shape index (κ1) is 21.3. The van der Waals surface area contributed by atoms with Crippen LogP contribution in [-0.4, -0.2) is 54.1 Å². The molecule has 3 aliphatic heterocycles. The van der Waals surface area contributed by atoms with Gasteiger partial charge in [0.2, 0.25) is 0 Å². The van der Waals surface area contributed by atoms with Gasteiger partial charge < -0.3 is 9.80 Å². The molecule has 164 valence electrons. The lowest BCUT2D eigenvalue weighted by atomic mass is 9.85. The number of aliphatic imine (C=N–C) groups is 1. The summed E-state index contributed by atoms with van der Waals surface area (Å²) in [6, 6.07) is 1.70. The van der Waals surface area contributed by atoms with E-state index in [0.717, 1.165) is 17.2 Å². The third kappa shape index (κ3) is 3.89. The minimum Gasteiger partial charge on any atom is -0.337 e. The van der Waals surface area contributed by atoms with Gasteiger partial charge in [-0.1, -0.05) is 6.07 Å². The number of hydrogen-bond donors (Lipinski definition) is 0. The summed E-state index contributed by atoms with van der Waals surface area (Å²) in [5, 5.41) is 9.13. The fourth-order valence-electron chi connectivity index (χ4n) is 4.51. The van der Waals surface area contributed by atoms with E-state index in [1.165, 1.54) is 4.90 Å². The number of alkyl halides is 3. The predicted octanol–water partition coefficient (Wildman–Crippen LogP) is 3.63. The lowest BCUT2D eigenvalue weighted by Crippen LogP contribution is -2.43.